The Morgan fingerprint density at radius 2 is 2.12 bits per heavy atom. The third kappa shape index (κ3) is 4.84. The van der Waals surface area contributed by atoms with Crippen LogP contribution in [0.15, 0.2) is 0 Å². The summed E-state index contributed by atoms with van der Waals surface area (Å²) < 4.78 is 0. The Morgan fingerprint density at radius 3 is 2.65 bits per heavy atom. The van der Waals surface area contributed by atoms with Gasteiger partial charge in [-0.15, -0.1) is 12.4 Å². The van der Waals surface area contributed by atoms with Crippen molar-refractivity contribution < 1.29 is 4.79 Å². The number of nitrogens with two attached hydrogens (primary N) is 1. The predicted octanol–water partition coefficient (Wildman–Crippen LogP) is 2.62. The molecular weight excluding hydrogens is 236 g/mol. The fourth-order valence-corrected chi connectivity index (χ4v) is 2.48. The average Bonchev–Trinajstić information content (AvgIpc) is 2.21. The van der Waals surface area contributed by atoms with Crippen molar-refractivity contribution in [2.75, 3.05) is 0 Å². The molecule has 0 aromatic rings. The highest BCUT2D eigenvalue weighted by molar-refractivity contribution is 5.85. The smallest absolute Gasteiger partial charge is 0.237 e. The van der Waals surface area contributed by atoms with Crippen LogP contribution < -0.4 is 11.1 Å². The zero-order valence-electron chi connectivity index (χ0n) is 11.3. The normalized spacial score (nSPS) is 24.6. The summed E-state index contributed by atoms with van der Waals surface area (Å²) in [4.78, 5) is 11.9. The summed E-state index contributed by atoms with van der Waals surface area (Å²) in [6, 6.07) is -0.0283. The molecule has 1 saturated carbocycles. The maximum Gasteiger partial charge on any atom is 0.237 e. The molecule has 0 aromatic carbocycles. The third-order valence-corrected chi connectivity index (χ3v) is 3.76. The van der Waals surface area contributed by atoms with E-state index < -0.39 is 0 Å². The lowest BCUT2D eigenvalue weighted by molar-refractivity contribution is -0.124. The Labute approximate surface area is 111 Å². The average molecular weight is 263 g/mol. The molecule has 3 nitrogen and oxygen atoms in total. The Bertz CT molecular complexity index is 244. The van der Waals surface area contributed by atoms with Gasteiger partial charge in [-0.2, -0.15) is 0 Å². The van der Waals surface area contributed by atoms with Gasteiger partial charge in [0.25, 0.3) is 0 Å². The summed E-state index contributed by atoms with van der Waals surface area (Å²) >= 11 is 0. The number of hydrogen-bond acceptors (Lipinski definition) is 2. The molecule has 0 aliphatic heterocycles. The zero-order valence-corrected chi connectivity index (χ0v) is 12.1. The number of halogens is 1. The van der Waals surface area contributed by atoms with Crippen LogP contribution in [0.4, 0.5) is 0 Å². The van der Waals surface area contributed by atoms with Crippen LogP contribution in [0, 0.1) is 5.41 Å². The van der Waals surface area contributed by atoms with E-state index >= 15 is 0 Å². The molecule has 1 aliphatic rings. The number of amides is 1. The predicted molar refractivity (Wildman–Crippen MR) is 74.3 cm³/mol. The van der Waals surface area contributed by atoms with E-state index in [0.29, 0.717) is 6.04 Å². The van der Waals surface area contributed by atoms with Crippen LogP contribution in [-0.2, 0) is 4.79 Å². The quantitative estimate of drug-likeness (QED) is 0.818. The number of carbonyl (C=O) groups excluding carboxylic acids is 1. The Hall–Kier alpha value is -0.280. The van der Waals surface area contributed by atoms with Gasteiger partial charge in [-0.1, -0.05) is 40.0 Å². The monoisotopic (exact) mass is 262 g/mol. The van der Waals surface area contributed by atoms with E-state index in [9.17, 15) is 4.79 Å². The lowest BCUT2D eigenvalue weighted by Crippen LogP contribution is -2.51. The van der Waals surface area contributed by atoms with Gasteiger partial charge in [0, 0.05) is 6.04 Å². The fourth-order valence-electron chi connectivity index (χ4n) is 2.48. The molecule has 1 amide bonds. The minimum Gasteiger partial charge on any atom is -0.351 e. The third-order valence-electron chi connectivity index (χ3n) is 3.76. The van der Waals surface area contributed by atoms with Crippen molar-refractivity contribution in [1.29, 1.82) is 0 Å². The standard InChI is InChI=1S/C13H26N2O.ClH/c1-4-7-10(14)12(16)15-11-8-5-6-9-13(11,2)3;/h10-11H,4-9,14H2,1-3H3,(H,15,16);1H. The molecule has 1 rings (SSSR count). The van der Waals surface area contributed by atoms with Gasteiger partial charge in [-0.3, -0.25) is 4.79 Å². The Balaban J connectivity index is 0.00000256. The maximum atomic E-state index is 11.9. The number of carbonyl (C=O) groups is 1. The molecule has 2 unspecified atom stereocenters. The van der Waals surface area contributed by atoms with E-state index in [4.69, 9.17) is 5.73 Å². The molecule has 2 atom stereocenters. The second-order valence-corrected chi connectivity index (χ2v) is 5.69. The molecule has 0 radical (unpaired) electrons. The van der Waals surface area contributed by atoms with Gasteiger partial charge in [0.15, 0.2) is 0 Å². The molecule has 3 N–H and O–H groups in total. The van der Waals surface area contributed by atoms with Gasteiger partial charge < -0.3 is 11.1 Å². The van der Waals surface area contributed by atoms with Gasteiger partial charge >= 0.3 is 0 Å². The highest BCUT2D eigenvalue weighted by atomic mass is 35.5. The maximum absolute atomic E-state index is 11.9. The number of hydrogen-bond donors (Lipinski definition) is 2. The van der Waals surface area contributed by atoms with Crippen molar-refractivity contribution in [3.05, 3.63) is 0 Å². The first-order valence-electron chi connectivity index (χ1n) is 6.53. The van der Waals surface area contributed by atoms with Crippen LogP contribution in [0.3, 0.4) is 0 Å². The van der Waals surface area contributed by atoms with E-state index in [0.717, 1.165) is 19.3 Å². The summed E-state index contributed by atoms with van der Waals surface area (Å²) in [6.45, 7) is 6.53. The van der Waals surface area contributed by atoms with E-state index in [1.807, 2.05) is 0 Å². The first-order valence-corrected chi connectivity index (χ1v) is 6.53. The van der Waals surface area contributed by atoms with Crippen molar-refractivity contribution in [3.8, 4) is 0 Å². The topological polar surface area (TPSA) is 55.1 Å². The van der Waals surface area contributed by atoms with Crippen molar-refractivity contribution in [2.45, 2.75) is 71.4 Å². The molecule has 1 fully saturated rings. The largest absolute Gasteiger partial charge is 0.351 e. The molecule has 4 heteroatoms. The minimum atomic E-state index is -0.331. The van der Waals surface area contributed by atoms with E-state index in [2.05, 4.69) is 26.1 Å². The summed E-state index contributed by atoms with van der Waals surface area (Å²) in [6.07, 6.45) is 6.53. The van der Waals surface area contributed by atoms with Gasteiger partial charge in [-0.05, 0) is 24.7 Å². The first kappa shape index (κ1) is 16.7. The van der Waals surface area contributed by atoms with Crippen molar-refractivity contribution >= 4 is 18.3 Å². The molecule has 0 saturated heterocycles. The van der Waals surface area contributed by atoms with Crippen LogP contribution in [-0.4, -0.2) is 18.0 Å². The number of rotatable bonds is 4. The fraction of sp³-hybridized carbons (Fsp3) is 0.923. The minimum absolute atomic E-state index is 0. The van der Waals surface area contributed by atoms with Crippen LogP contribution in [0.1, 0.15) is 59.3 Å². The van der Waals surface area contributed by atoms with E-state index in [-0.39, 0.29) is 29.8 Å². The van der Waals surface area contributed by atoms with Crippen LogP contribution in [0.5, 0.6) is 0 Å². The molecule has 0 aromatic heterocycles. The highest BCUT2D eigenvalue weighted by Gasteiger charge is 2.33. The van der Waals surface area contributed by atoms with Crippen LogP contribution in [0.25, 0.3) is 0 Å². The number of nitrogens with one attached hydrogen (secondary N) is 1. The molecule has 0 heterocycles. The molecule has 102 valence electrons. The van der Waals surface area contributed by atoms with Gasteiger partial charge in [0.05, 0.1) is 6.04 Å². The second-order valence-electron chi connectivity index (χ2n) is 5.69. The molecule has 17 heavy (non-hydrogen) atoms. The van der Waals surface area contributed by atoms with E-state index in [1.165, 1.54) is 19.3 Å². The second kappa shape index (κ2) is 7.22. The summed E-state index contributed by atoms with van der Waals surface area (Å²) in [5, 5.41) is 3.13. The van der Waals surface area contributed by atoms with Gasteiger partial charge in [0.1, 0.15) is 0 Å². The summed E-state index contributed by atoms with van der Waals surface area (Å²) in [7, 11) is 0. The van der Waals surface area contributed by atoms with Crippen molar-refractivity contribution in [2.24, 2.45) is 11.1 Å². The Kier molecular flexibility index (Phi) is 7.10. The van der Waals surface area contributed by atoms with E-state index in [1.54, 1.807) is 0 Å². The molecular formula is C13H27ClN2O. The first-order chi connectivity index (χ1) is 7.47. The van der Waals surface area contributed by atoms with Crippen LogP contribution in [0.2, 0.25) is 0 Å². The highest BCUT2D eigenvalue weighted by Crippen LogP contribution is 2.35. The molecule has 0 spiro atoms. The lowest BCUT2D eigenvalue weighted by Gasteiger charge is -2.39. The van der Waals surface area contributed by atoms with Crippen LogP contribution >= 0.6 is 12.4 Å². The van der Waals surface area contributed by atoms with Gasteiger partial charge in [0.2, 0.25) is 5.91 Å². The summed E-state index contributed by atoms with van der Waals surface area (Å²) in [5.74, 6) is 0.0295. The summed E-state index contributed by atoms with van der Waals surface area (Å²) in [5.41, 5.74) is 6.04. The van der Waals surface area contributed by atoms with Crippen molar-refractivity contribution in [1.82, 2.24) is 5.32 Å². The van der Waals surface area contributed by atoms with Crippen molar-refractivity contribution in [3.63, 3.8) is 0 Å². The molecule has 0 bridgehead atoms. The van der Waals surface area contributed by atoms with Gasteiger partial charge in [-0.25, -0.2) is 0 Å². The molecule has 1 aliphatic carbocycles. The Morgan fingerprint density at radius 1 is 1.47 bits per heavy atom. The SMILES string of the molecule is CCCC(N)C(=O)NC1CCCCC1(C)C.Cl. The zero-order chi connectivity index (χ0) is 12.2. The lowest BCUT2D eigenvalue weighted by atomic mass is 9.73.